The third-order valence-corrected chi connectivity index (χ3v) is 3.41. The molecule has 114 valence electrons. The molecule has 0 aliphatic rings. The van der Waals surface area contributed by atoms with Gasteiger partial charge >= 0.3 is 0 Å². The van der Waals surface area contributed by atoms with Gasteiger partial charge in [0.15, 0.2) is 0 Å². The van der Waals surface area contributed by atoms with Crippen LogP contribution in [0.5, 0.6) is 5.75 Å². The number of benzene rings is 2. The van der Waals surface area contributed by atoms with Crippen LogP contribution in [0.1, 0.15) is 18.1 Å². The van der Waals surface area contributed by atoms with E-state index >= 15 is 0 Å². The average molecular weight is 299 g/mol. The van der Waals surface area contributed by atoms with E-state index in [0.29, 0.717) is 5.56 Å². The van der Waals surface area contributed by atoms with E-state index in [1.165, 1.54) is 0 Å². The van der Waals surface area contributed by atoms with Crippen LogP contribution in [0.3, 0.4) is 0 Å². The van der Waals surface area contributed by atoms with Gasteiger partial charge in [-0.1, -0.05) is 41.5 Å². The fourth-order valence-electron chi connectivity index (χ4n) is 2.14. The Bertz CT molecular complexity index is 649. The van der Waals surface area contributed by atoms with Crippen molar-refractivity contribution < 1.29 is 15.3 Å². The van der Waals surface area contributed by atoms with Crippen molar-refractivity contribution in [1.82, 2.24) is 0 Å². The SMILES string of the molecule is [N-]=[N+]=NCCC(O)C(O)c1ccc(-c2ccc(O)cc2)cc1. The molecule has 0 heterocycles. The van der Waals surface area contributed by atoms with Crippen molar-refractivity contribution in [2.45, 2.75) is 18.6 Å². The maximum absolute atomic E-state index is 10.1. The van der Waals surface area contributed by atoms with Crippen molar-refractivity contribution in [2.24, 2.45) is 5.11 Å². The number of hydrogen-bond donors (Lipinski definition) is 3. The van der Waals surface area contributed by atoms with Crippen molar-refractivity contribution >= 4 is 0 Å². The van der Waals surface area contributed by atoms with Gasteiger partial charge in [0.25, 0.3) is 0 Å². The van der Waals surface area contributed by atoms with E-state index in [2.05, 4.69) is 10.0 Å². The molecule has 0 radical (unpaired) electrons. The third kappa shape index (κ3) is 3.99. The van der Waals surface area contributed by atoms with Crippen LogP contribution in [-0.4, -0.2) is 28.0 Å². The zero-order chi connectivity index (χ0) is 15.9. The summed E-state index contributed by atoms with van der Waals surface area (Å²) in [7, 11) is 0. The normalized spacial score (nSPS) is 13.2. The Morgan fingerprint density at radius 1 is 0.955 bits per heavy atom. The fraction of sp³-hybridized carbons (Fsp3) is 0.250. The molecule has 0 amide bonds. The Kier molecular flexibility index (Phi) is 5.38. The third-order valence-electron chi connectivity index (χ3n) is 3.41. The minimum Gasteiger partial charge on any atom is -0.508 e. The van der Waals surface area contributed by atoms with Crippen molar-refractivity contribution in [3.8, 4) is 16.9 Å². The number of nitrogens with zero attached hydrogens (tertiary/aromatic N) is 3. The molecule has 0 aromatic heterocycles. The number of phenolic OH excluding ortho intramolecular Hbond substituents is 1. The zero-order valence-electron chi connectivity index (χ0n) is 11.9. The first-order chi connectivity index (χ1) is 10.6. The van der Waals surface area contributed by atoms with Crippen LogP contribution in [0.15, 0.2) is 53.6 Å². The van der Waals surface area contributed by atoms with Crippen LogP contribution in [0.4, 0.5) is 0 Å². The number of rotatable bonds is 6. The minimum absolute atomic E-state index is 0.139. The van der Waals surface area contributed by atoms with Crippen LogP contribution in [0.25, 0.3) is 21.6 Å². The van der Waals surface area contributed by atoms with Gasteiger partial charge in [-0.05, 0) is 40.8 Å². The Balaban J connectivity index is 2.07. The largest absolute Gasteiger partial charge is 0.508 e. The molecule has 0 fully saturated rings. The van der Waals surface area contributed by atoms with Crippen LogP contribution in [0.2, 0.25) is 0 Å². The number of phenols is 1. The molecule has 2 atom stereocenters. The van der Waals surface area contributed by atoms with E-state index in [4.69, 9.17) is 5.53 Å². The van der Waals surface area contributed by atoms with Gasteiger partial charge in [0.2, 0.25) is 0 Å². The topological polar surface area (TPSA) is 109 Å². The number of azide groups is 1. The highest BCUT2D eigenvalue weighted by Gasteiger charge is 2.17. The predicted molar refractivity (Wildman–Crippen MR) is 83.1 cm³/mol. The summed E-state index contributed by atoms with van der Waals surface area (Å²) in [5, 5.41) is 32.5. The second-order valence-corrected chi connectivity index (χ2v) is 4.92. The first-order valence-electron chi connectivity index (χ1n) is 6.88. The molecule has 0 bridgehead atoms. The van der Waals surface area contributed by atoms with Crippen LogP contribution < -0.4 is 0 Å². The van der Waals surface area contributed by atoms with Crippen molar-refractivity contribution in [3.63, 3.8) is 0 Å². The smallest absolute Gasteiger partial charge is 0.115 e. The summed E-state index contributed by atoms with van der Waals surface area (Å²) in [6.07, 6.45) is -1.81. The molecule has 0 spiro atoms. The molecule has 3 N–H and O–H groups in total. The van der Waals surface area contributed by atoms with E-state index in [9.17, 15) is 15.3 Å². The summed E-state index contributed by atoms with van der Waals surface area (Å²) in [6.45, 7) is 0.139. The molecule has 0 saturated carbocycles. The molecule has 2 aromatic carbocycles. The highest BCUT2D eigenvalue weighted by molar-refractivity contribution is 5.64. The molecule has 2 aromatic rings. The molecule has 0 aliphatic carbocycles. The first kappa shape index (κ1) is 15.9. The highest BCUT2D eigenvalue weighted by atomic mass is 16.3. The monoisotopic (exact) mass is 299 g/mol. The van der Waals surface area contributed by atoms with Gasteiger partial charge in [0.05, 0.1) is 6.10 Å². The molecule has 2 unspecified atom stereocenters. The summed E-state index contributed by atoms with van der Waals surface area (Å²) in [4.78, 5) is 2.61. The van der Waals surface area contributed by atoms with Crippen molar-refractivity contribution in [1.29, 1.82) is 0 Å². The molecule has 22 heavy (non-hydrogen) atoms. The van der Waals surface area contributed by atoms with E-state index < -0.39 is 12.2 Å². The molecular weight excluding hydrogens is 282 g/mol. The van der Waals surface area contributed by atoms with Gasteiger partial charge in [-0.15, -0.1) is 0 Å². The molecule has 6 nitrogen and oxygen atoms in total. The maximum Gasteiger partial charge on any atom is 0.115 e. The summed E-state index contributed by atoms with van der Waals surface area (Å²) < 4.78 is 0. The Morgan fingerprint density at radius 3 is 2.05 bits per heavy atom. The fourth-order valence-corrected chi connectivity index (χ4v) is 2.14. The lowest BCUT2D eigenvalue weighted by atomic mass is 9.98. The quantitative estimate of drug-likeness (QED) is 0.433. The second-order valence-electron chi connectivity index (χ2n) is 4.92. The highest BCUT2D eigenvalue weighted by Crippen LogP contribution is 2.25. The lowest BCUT2D eigenvalue weighted by molar-refractivity contribution is 0.0150. The van der Waals surface area contributed by atoms with Crippen molar-refractivity contribution in [3.05, 3.63) is 64.5 Å². The number of aliphatic hydroxyl groups is 2. The van der Waals surface area contributed by atoms with E-state index in [1.807, 2.05) is 12.1 Å². The summed E-state index contributed by atoms with van der Waals surface area (Å²) in [5.74, 6) is 0.207. The Labute approximate surface area is 127 Å². The van der Waals surface area contributed by atoms with E-state index in [1.54, 1.807) is 36.4 Å². The Morgan fingerprint density at radius 2 is 1.50 bits per heavy atom. The first-order valence-corrected chi connectivity index (χ1v) is 6.88. The lowest BCUT2D eigenvalue weighted by Crippen LogP contribution is -2.19. The van der Waals surface area contributed by atoms with E-state index in [-0.39, 0.29) is 18.7 Å². The molecule has 2 rings (SSSR count). The average Bonchev–Trinajstić information content (AvgIpc) is 2.55. The van der Waals surface area contributed by atoms with Crippen LogP contribution in [0, 0.1) is 0 Å². The van der Waals surface area contributed by atoms with Gasteiger partial charge in [0.1, 0.15) is 11.9 Å². The maximum atomic E-state index is 10.1. The van der Waals surface area contributed by atoms with Gasteiger partial charge in [-0.25, -0.2) is 0 Å². The van der Waals surface area contributed by atoms with Gasteiger partial charge in [-0.2, -0.15) is 0 Å². The molecule has 0 aliphatic heterocycles. The van der Waals surface area contributed by atoms with E-state index in [0.717, 1.165) is 11.1 Å². The molecule has 6 heteroatoms. The van der Waals surface area contributed by atoms with Gasteiger partial charge in [-0.3, -0.25) is 0 Å². The lowest BCUT2D eigenvalue weighted by Gasteiger charge is -2.17. The summed E-state index contributed by atoms with van der Waals surface area (Å²) in [5.41, 5.74) is 10.7. The standard InChI is InChI=1S/C16H17N3O3/c17-19-18-10-9-15(21)16(22)13-3-1-11(2-4-13)12-5-7-14(20)8-6-12/h1-8,15-16,20-22H,9-10H2. The summed E-state index contributed by atoms with van der Waals surface area (Å²) in [6, 6.07) is 14.0. The van der Waals surface area contributed by atoms with Gasteiger partial charge in [0, 0.05) is 11.5 Å². The number of hydrogen-bond acceptors (Lipinski definition) is 4. The van der Waals surface area contributed by atoms with Gasteiger partial charge < -0.3 is 15.3 Å². The molecule has 0 saturated heterocycles. The molecular formula is C16H17N3O3. The van der Waals surface area contributed by atoms with Crippen LogP contribution >= 0.6 is 0 Å². The predicted octanol–water partition coefficient (Wildman–Crippen LogP) is 3.15. The zero-order valence-corrected chi connectivity index (χ0v) is 11.9. The van der Waals surface area contributed by atoms with Crippen LogP contribution in [-0.2, 0) is 0 Å². The summed E-state index contributed by atoms with van der Waals surface area (Å²) >= 11 is 0. The minimum atomic E-state index is -1.03. The van der Waals surface area contributed by atoms with Crippen molar-refractivity contribution in [2.75, 3.05) is 6.54 Å². The Hall–Kier alpha value is -2.53. The second kappa shape index (κ2) is 7.47. The number of aromatic hydroxyl groups is 1. The number of aliphatic hydroxyl groups excluding tert-OH is 2.